The van der Waals surface area contributed by atoms with Gasteiger partial charge < -0.3 is 15.8 Å². The fraction of sp³-hybridized carbons (Fsp3) is 0.0769. The molecule has 8 heteroatoms. The van der Waals surface area contributed by atoms with Crippen molar-refractivity contribution in [2.75, 3.05) is 11.9 Å². The Morgan fingerprint density at radius 3 is 2.52 bits per heavy atom. The van der Waals surface area contributed by atoms with E-state index in [4.69, 9.17) is 45.9 Å². The first-order valence-corrected chi connectivity index (χ1v) is 7.71. The second kappa shape index (κ2) is 7.09. The summed E-state index contributed by atoms with van der Waals surface area (Å²) in [5.74, 6) is 0.289. The molecule has 0 bridgehead atoms. The maximum Gasteiger partial charge on any atom is 0.258 e. The van der Waals surface area contributed by atoms with Crippen molar-refractivity contribution in [2.45, 2.75) is 0 Å². The van der Waals surface area contributed by atoms with E-state index < -0.39 is 0 Å². The molecule has 0 spiro atoms. The van der Waals surface area contributed by atoms with Crippen molar-refractivity contribution in [1.29, 1.82) is 0 Å². The van der Waals surface area contributed by atoms with Gasteiger partial charge in [-0.25, -0.2) is 0 Å². The molecule has 4 nitrogen and oxygen atoms in total. The first-order valence-electron chi connectivity index (χ1n) is 5.73. The Morgan fingerprint density at radius 1 is 1.33 bits per heavy atom. The molecule has 0 atom stereocenters. The van der Waals surface area contributed by atoms with E-state index in [0.717, 1.165) is 11.3 Å². The highest BCUT2D eigenvalue weighted by Crippen LogP contribution is 2.31. The number of halogens is 2. The van der Waals surface area contributed by atoms with E-state index in [1.807, 2.05) is 0 Å². The van der Waals surface area contributed by atoms with Crippen LogP contribution >= 0.6 is 46.8 Å². The summed E-state index contributed by atoms with van der Waals surface area (Å²) in [6.45, 7) is 0.171. The molecule has 0 aliphatic carbocycles. The highest BCUT2D eigenvalue weighted by Gasteiger charge is 2.14. The molecule has 21 heavy (non-hydrogen) atoms. The summed E-state index contributed by atoms with van der Waals surface area (Å²) in [7, 11) is 0. The average molecular weight is 361 g/mol. The van der Waals surface area contributed by atoms with Crippen LogP contribution in [-0.4, -0.2) is 17.5 Å². The first-order chi connectivity index (χ1) is 9.95. The molecular weight excluding hydrogens is 351 g/mol. The van der Waals surface area contributed by atoms with E-state index >= 15 is 0 Å². The number of nitrogens with two attached hydrogens (primary N) is 1. The smallest absolute Gasteiger partial charge is 0.258 e. The highest BCUT2D eigenvalue weighted by molar-refractivity contribution is 7.80. The van der Waals surface area contributed by atoms with Crippen molar-refractivity contribution in [2.24, 2.45) is 5.73 Å². The zero-order valence-electron chi connectivity index (χ0n) is 10.6. The lowest BCUT2D eigenvalue weighted by Crippen LogP contribution is -2.17. The van der Waals surface area contributed by atoms with Crippen LogP contribution in [0.5, 0.6) is 5.75 Å². The third kappa shape index (κ3) is 4.57. The lowest BCUT2D eigenvalue weighted by Gasteiger charge is -2.07. The van der Waals surface area contributed by atoms with Crippen LogP contribution in [0.25, 0.3) is 0 Å². The minimum Gasteiger partial charge on any atom is -0.487 e. The molecule has 1 heterocycles. The summed E-state index contributed by atoms with van der Waals surface area (Å²) >= 11 is 17.6. The topological polar surface area (TPSA) is 64.3 Å². The van der Waals surface area contributed by atoms with E-state index in [1.165, 1.54) is 6.07 Å². The Labute approximate surface area is 140 Å². The molecule has 0 aliphatic heterocycles. The van der Waals surface area contributed by atoms with Crippen molar-refractivity contribution in [3.05, 3.63) is 44.6 Å². The number of ether oxygens (including phenoxy) is 1. The lowest BCUT2D eigenvalue weighted by molar-refractivity contribution is 0.102. The summed E-state index contributed by atoms with van der Waals surface area (Å²) in [6.07, 6.45) is 0. The van der Waals surface area contributed by atoms with Gasteiger partial charge in [0.05, 0.1) is 9.90 Å². The predicted molar refractivity (Wildman–Crippen MR) is 91.0 cm³/mol. The lowest BCUT2D eigenvalue weighted by atomic mass is 10.2. The molecular formula is C13H10Cl2N2O2S2. The van der Waals surface area contributed by atoms with Gasteiger partial charge in [0.1, 0.15) is 21.7 Å². The van der Waals surface area contributed by atoms with Gasteiger partial charge in [0, 0.05) is 5.69 Å². The molecule has 0 radical (unpaired) electrons. The van der Waals surface area contributed by atoms with E-state index in [2.05, 4.69) is 5.32 Å². The Balaban J connectivity index is 2.01. The third-order valence-corrected chi connectivity index (χ3v) is 4.00. The van der Waals surface area contributed by atoms with Gasteiger partial charge in [-0.05, 0) is 30.3 Å². The van der Waals surface area contributed by atoms with Crippen molar-refractivity contribution in [3.63, 3.8) is 0 Å². The number of nitrogens with one attached hydrogen (secondary N) is 1. The number of carbonyl (C=O) groups is 1. The second-order valence-electron chi connectivity index (χ2n) is 3.97. The van der Waals surface area contributed by atoms with Crippen LogP contribution in [0.4, 0.5) is 5.69 Å². The number of hydrogen-bond donors (Lipinski definition) is 2. The molecule has 1 aromatic carbocycles. The normalized spacial score (nSPS) is 10.2. The summed E-state index contributed by atoms with van der Waals surface area (Å²) in [4.78, 5) is 12.3. The monoisotopic (exact) mass is 360 g/mol. The molecule has 0 unspecified atom stereocenters. The van der Waals surface area contributed by atoms with Gasteiger partial charge in [-0.15, -0.1) is 11.3 Å². The second-order valence-corrected chi connectivity index (χ2v) is 6.78. The van der Waals surface area contributed by atoms with Gasteiger partial charge in [-0.1, -0.05) is 35.4 Å². The summed E-state index contributed by atoms with van der Waals surface area (Å²) in [5, 5.41) is 2.72. The van der Waals surface area contributed by atoms with Crippen LogP contribution in [-0.2, 0) is 0 Å². The largest absolute Gasteiger partial charge is 0.487 e. The molecule has 0 aliphatic rings. The first kappa shape index (κ1) is 16.0. The minimum absolute atomic E-state index is 0.171. The molecule has 0 saturated heterocycles. The minimum atomic E-state index is -0.319. The van der Waals surface area contributed by atoms with Crippen LogP contribution in [0.3, 0.4) is 0 Å². The Morgan fingerprint density at radius 2 is 2.00 bits per heavy atom. The maximum atomic E-state index is 12.0. The zero-order chi connectivity index (χ0) is 15.4. The highest BCUT2D eigenvalue weighted by atomic mass is 35.5. The van der Waals surface area contributed by atoms with Gasteiger partial charge in [0.25, 0.3) is 5.91 Å². The molecule has 0 fully saturated rings. The molecule has 110 valence electrons. The quantitative estimate of drug-likeness (QED) is 0.791. The molecule has 2 rings (SSSR count). The number of thiophene rings is 1. The predicted octanol–water partition coefficient (Wildman–Crippen LogP) is 3.97. The Kier molecular flexibility index (Phi) is 5.41. The third-order valence-electron chi connectivity index (χ3n) is 2.39. The van der Waals surface area contributed by atoms with Crippen LogP contribution < -0.4 is 15.8 Å². The SMILES string of the molecule is NC(=S)COc1ccc(NC(=O)c2cc(Cl)sc2Cl)cc1. The maximum absolute atomic E-state index is 12.0. The molecule has 1 amide bonds. The van der Waals surface area contributed by atoms with Gasteiger partial charge in [-0.3, -0.25) is 4.79 Å². The Bertz CT molecular complexity index is 671. The fourth-order valence-corrected chi connectivity index (χ4v) is 3.00. The van der Waals surface area contributed by atoms with Crippen LogP contribution in [0.1, 0.15) is 10.4 Å². The molecule has 0 saturated carbocycles. The van der Waals surface area contributed by atoms with Crippen LogP contribution in [0.2, 0.25) is 8.67 Å². The fourth-order valence-electron chi connectivity index (χ4n) is 1.48. The van der Waals surface area contributed by atoms with Gasteiger partial charge in [0.15, 0.2) is 0 Å². The molecule has 3 N–H and O–H groups in total. The van der Waals surface area contributed by atoms with E-state index in [1.54, 1.807) is 24.3 Å². The number of anilines is 1. The van der Waals surface area contributed by atoms with E-state index in [-0.39, 0.29) is 17.5 Å². The number of carbonyl (C=O) groups excluding carboxylic acids is 1. The standard InChI is InChI=1S/C13H10Cl2N2O2S2/c14-10-5-9(12(15)21-10)13(18)17-7-1-3-8(4-2-7)19-6-11(16)20/h1-5H,6H2,(H2,16,20)(H,17,18). The van der Waals surface area contributed by atoms with Gasteiger partial charge in [0.2, 0.25) is 0 Å². The zero-order valence-corrected chi connectivity index (χ0v) is 13.7. The van der Waals surface area contributed by atoms with E-state index in [9.17, 15) is 4.79 Å². The van der Waals surface area contributed by atoms with Crippen LogP contribution in [0, 0.1) is 0 Å². The molecule has 2 aromatic rings. The summed E-state index contributed by atoms with van der Waals surface area (Å²) < 4.78 is 6.14. The van der Waals surface area contributed by atoms with Crippen molar-refractivity contribution in [3.8, 4) is 5.75 Å². The van der Waals surface area contributed by atoms with Crippen LogP contribution in [0.15, 0.2) is 30.3 Å². The van der Waals surface area contributed by atoms with Gasteiger partial charge >= 0.3 is 0 Å². The number of thiocarbonyl (C=S) groups is 1. The van der Waals surface area contributed by atoms with Gasteiger partial charge in [-0.2, -0.15) is 0 Å². The van der Waals surface area contributed by atoms with E-state index in [0.29, 0.717) is 25.7 Å². The number of hydrogen-bond acceptors (Lipinski definition) is 4. The number of rotatable bonds is 5. The summed E-state index contributed by atoms with van der Waals surface area (Å²) in [5.41, 5.74) is 6.30. The van der Waals surface area contributed by atoms with Crippen molar-refractivity contribution in [1.82, 2.24) is 0 Å². The van der Waals surface area contributed by atoms with Crippen molar-refractivity contribution < 1.29 is 9.53 Å². The van der Waals surface area contributed by atoms with Crippen molar-refractivity contribution >= 4 is 63.3 Å². The average Bonchev–Trinajstić information content (AvgIpc) is 2.77. The molecule has 1 aromatic heterocycles. The number of amides is 1. The number of benzene rings is 1. The summed E-state index contributed by atoms with van der Waals surface area (Å²) in [6, 6.07) is 8.35. The Hall–Kier alpha value is -1.34.